The van der Waals surface area contributed by atoms with E-state index in [1.807, 2.05) is 37.2 Å². The average Bonchev–Trinajstić information content (AvgIpc) is 2.54. The van der Waals surface area contributed by atoms with Gasteiger partial charge in [0, 0.05) is 32.4 Å². The Kier molecular flexibility index (Phi) is 4.20. The summed E-state index contributed by atoms with van der Waals surface area (Å²) in [5.41, 5.74) is 1.13. The normalized spacial score (nSPS) is 21.0. The highest BCUT2D eigenvalue weighted by Gasteiger charge is 2.30. The second kappa shape index (κ2) is 5.87. The number of hydrogen-bond donors (Lipinski definition) is 1. The van der Waals surface area contributed by atoms with E-state index in [0.29, 0.717) is 6.54 Å². The zero-order valence-electron chi connectivity index (χ0n) is 11.1. The van der Waals surface area contributed by atoms with Crippen LogP contribution in [0.2, 0.25) is 0 Å². The minimum Gasteiger partial charge on any atom is -0.358 e. The van der Waals surface area contributed by atoms with E-state index in [-0.39, 0.29) is 11.9 Å². The number of rotatable bonds is 3. The number of para-hydroxylation sites is 1. The lowest BCUT2D eigenvalue weighted by Gasteiger charge is -2.31. The summed E-state index contributed by atoms with van der Waals surface area (Å²) >= 11 is 0. The first-order chi connectivity index (χ1) is 8.74. The predicted molar refractivity (Wildman–Crippen MR) is 73.8 cm³/mol. The Morgan fingerprint density at radius 3 is 2.67 bits per heavy atom. The summed E-state index contributed by atoms with van der Waals surface area (Å²) in [6.07, 6.45) is 1.01. The monoisotopic (exact) mass is 247 g/mol. The van der Waals surface area contributed by atoms with Gasteiger partial charge in [0.05, 0.1) is 0 Å². The fourth-order valence-electron chi connectivity index (χ4n) is 2.45. The smallest absolute Gasteiger partial charge is 0.246 e. The molecule has 1 aliphatic rings. The van der Waals surface area contributed by atoms with Gasteiger partial charge in [0.25, 0.3) is 0 Å². The Bertz CT molecular complexity index is 393. The molecule has 98 valence electrons. The van der Waals surface area contributed by atoms with Crippen LogP contribution in [0.1, 0.15) is 6.42 Å². The van der Waals surface area contributed by atoms with E-state index in [4.69, 9.17) is 0 Å². The van der Waals surface area contributed by atoms with Gasteiger partial charge in [-0.25, -0.2) is 0 Å². The summed E-state index contributed by atoms with van der Waals surface area (Å²) in [6.45, 7) is 2.44. The van der Waals surface area contributed by atoms with Crippen LogP contribution in [-0.2, 0) is 4.79 Å². The van der Waals surface area contributed by atoms with Crippen molar-refractivity contribution in [3.05, 3.63) is 30.3 Å². The maximum Gasteiger partial charge on any atom is 0.246 e. The van der Waals surface area contributed by atoms with Crippen LogP contribution in [-0.4, -0.2) is 50.6 Å². The second-order valence-electron chi connectivity index (χ2n) is 4.72. The summed E-state index contributed by atoms with van der Waals surface area (Å²) in [5, 5.41) is 3.13. The number of benzene rings is 1. The molecule has 4 nitrogen and oxygen atoms in total. The number of nitrogens with one attached hydrogen (secondary N) is 1. The molecule has 1 fully saturated rings. The molecule has 18 heavy (non-hydrogen) atoms. The number of carbonyl (C=O) groups is 1. The van der Waals surface area contributed by atoms with Crippen LogP contribution < -0.4 is 10.2 Å². The molecule has 1 atom stereocenters. The van der Waals surface area contributed by atoms with Crippen LogP contribution >= 0.6 is 0 Å². The van der Waals surface area contributed by atoms with Crippen molar-refractivity contribution in [1.82, 2.24) is 10.2 Å². The fourth-order valence-corrected chi connectivity index (χ4v) is 2.45. The quantitative estimate of drug-likeness (QED) is 0.863. The van der Waals surface area contributed by atoms with Gasteiger partial charge in [-0.1, -0.05) is 18.2 Å². The van der Waals surface area contributed by atoms with E-state index in [2.05, 4.69) is 22.3 Å². The highest BCUT2D eigenvalue weighted by atomic mass is 16.2. The highest BCUT2D eigenvalue weighted by Crippen LogP contribution is 2.20. The van der Waals surface area contributed by atoms with Gasteiger partial charge >= 0.3 is 0 Å². The van der Waals surface area contributed by atoms with E-state index in [1.54, 1.807) is 0 Å². The number of anilines is 1. The molecule has 1 heterocycles. The molecule has 1 aromatic rings. The Morgan fingerprint density at radius 1 is 1.28 bits per heavy atom. The Hall–Kier alpha value is -1.55. The molecule has 0 bridgehead atoms. The summed E-state index contributed by atoms with van der Waals surface area (Å²) < 4.78 is 0. The maximum atomic E-state index is 12.4. The number of carbonyl (C=O) groups excluding carboxylic acids is 1. The number of likely N-dealkylation sites (N-methyl/N-ethyl adjacent to an activating group) is 2. The van der Waals surface area contributed by atoms with E-state index < -0.39 is 0 Å². The van der Waals surface area contributed by atoms with Crippen LogP contribution in [0.15, 0.2) is 30.3 Å². The van der Waals surface area contributed by atoms with Gasteiger partial charge < -0.3 is 15.1 Å². The molecule has 1 N–H and O–H groups in total. The molecule has 0 radical (unpaired) electrons. The van der Waals surface area contributed by atoms with Gasteiger partial charge in [-0.15, -0.1) is 0 Å². The lowest BCUT2D eigenvalue weighted by molar-refractivity contribution is -0.130. The highest BCUT2D eigenvalue weighted by molar-refractivity contribution is 5.86. The topological polar surface area (TPSA) is 35.6 Å². The van der Waals surface area contributed by atoms with Gasteiger partial charge in [-0.3, -0.25) is 4.79 Å². The van der Waals surface area contributed by atoms with Gasteiger partial charge in [0.2, 0.25) is 5.91 Å². The molecule has 0 aromatic heterocycles. The number of amides is 1. The van der Waals surface area contributed by atoms with E-state index >= 15 is 0 Å². The van der Waals surface area contributed by atoms with Crippen LogP contribution in [0.4, 0.5) is 5.69 Å². The lowest BCUT2D eigenvalue weighted by Crippen LogP contribution is -2.50. The zero-order valence-corrected chi connectivity index (χ0v) is 11.1. The van der Waals surface area contributed by atoms with Crippen molar-refractivity contribution in [1.29, 1.82) is 0 Å². The first-order valence-electron chi connectivity index (χ1n) is 6.45. The van der Waals surface area contributed by atoms with Gasteiger partial charge in [-0.05, 0) is 25.6 Å². The fraction of sp³-hybridized carbons (Fsp3) is 0.500. The summed E-state index contributed by atoms with van der Waals surface area (Å²) in [5.74, 6) is 0.200. The van der Waals surface area contributed by atoms with Crippen molar-refractivity contribution in [2.75, 3.05) is 38.6 Å². The molecule has 2 rings (SSSR count). The molecule has 1 aromatic carbocycles. The Morgan fingerprint density at radius 2 is 2.00 bits per heavy atom. The molecular formula is C14H21N3O. The third kappa shape index (κ3) is 2.64. The summed E-state index contributed by atoms with van der Waals surface area (Å²) in [6, 6.07) is 10.1. The Balaban J connectivity index is 2.27. The van der Waals surface area contributed by atoms with Crippen LogP contribution in [0.3, 0.4) is 0 Å². The number of nitrogens with zero attached hydrogens (tertiary/aromatic N) is 2. The summed E-state index contributed by atoms with van der Waals surface area (Å²) in [4.78, 5) is 16.4. The molecule has 0 saturated carbocycles. The SMILES string of the molecule is CNCC1C(=O)N(C)CCCN1c1ccccc1. The molecule has 1 aliphatic heterocycles. The van der Waals surface area contributed by atoms with Gasteiger partial charge in [0.15, 0.2) is 0 Å². The van der Waals surface area contributed by atoms with Crippen molar-refractivity contribution >= 4 is 11.6 Å². The molecule has 4 heteroatoms. The van der Waals surface area contributed by atoms with Crippen molar-refractivity contribution in [2.45, 2.75) is 12.5 Å². The van der Waals surface area contributed by atoms with E-state index in [1.165, 1.54) is 0 Å². The third-order valence-corrected chi connectivity index (χ3v) is 3.42. The second-order valence-corrected chi connectivity index (χ2v) is 4.72. The van der Waals surface area contributed by atoms with Crippen LogP contribution in [0, 0.1) is 0 Å². The molecule has 1 unspecified atom stereocenters. The van der Waals surface area contributed by atoms with E-state index in [9.17, 15) is 4.79 Å². The molecule has 1 amide bonds. The first kappa shape index (κ1) is 12.9. The molecule has 0 aliphatic carbocycles. The molecule has 0 spiro atoms. The standard InChI is InChI=1S/C14H21N3O/c1-15-11-13-14(18)16(2)9-6-10-17(13)12-7-4-3-5-8-12/h3-5,7-8,13,15H,6,9-11H2,1-2H3. The Labute approximate surface area is 109 Å². The van der Waals surface area contributed by atoms with Gasteiger partial charge in [0.1, 0.15) is 6.04 Å². The predicted octanol–water partition coefficient (Wildman–Crippen LogP) is 0.943. The van der Waals surface area contributed by atoms with Gasteiger partial charge in [-0.2, -0.15) is 0 Å². The number of hydrogen-bond acceptors (Lipinski definition) is 3. The third-order valence-electron chi connectivity index (χ3n) is 3.42. The van der Waals surface area contributed by atoms with Crippen molar-refractivity contribution < 1.29 is 4.79 Å². The van der Waals surface area contributed by atoms with Crippen molar-refractivity contribution in [3.8, 4) is 0 Å². The summed E-state index contributed by atoms with van der Waals surface area (Å²) in [7, 11) is 3.78. The molecule has 1 saturated heterocycles. The largest absolute Gasteiger partial charge is 0.358 e. The average molecular weight is 247 g/mol. The van der Waals surface area contributed by atoms with Crippen molar-refractivity contribution in [2.24, 2.45) is 0 Å². The van der Waals surface area contributed by atoms with Crippen LogP contribution in [0.5, 0.6) is 0 Å². The van der Waals surface area contributed by atoms with E-state index in [0.717, 1.165) is 25.2 Å². The first-order valence-corrected chi connectivity index (χ1v) is 6.45. The zero-order chi connectivity index (χ0) is 13.0. The maximum absolute atomic E-state index is 12.4. The minimum atomic E-state index is -0.107. The molecular weight excluding hydrogens is 226 g/mol. The lowest BCUT2D eigenvalue weighted by atomic mass is 10.2. The van der Waals surface area contributed by atoms with Crippen molar-refractivity contribution in [3.63, 3.8) is 0 Å². The minimum absolute atomic E-state index is 0.107. The van der Waals surface area contributed by atoms with Crippen LogP contribution in [0.25, 0.3) is 0 Å².